The third-order valence-corrected chi connectivity index (χ3v) is 2.77. The molecule has 2 nitrogen and oxygen atoms in total. The fraction of sp³-hybridized carbons (Fsp3) is 1.00. The van der Waals surface area contributed by atoms with Crippen molar-refractivity contribution < 1.29 is 8.78 Å². The maximum atomic E-state index is 13.2. The van der Waals surface area contributed by atoms with Crippen LogP contribution in [0.15, 0.2) is 0 Å². The van der Waals surface area contributed by atoms with Crippen LogP contribution in [0.5, 0.6) is 0 Å². The van der Waals surface area contributed by atoms with Crippen LogP contribution in [0, 0.1) is 0 Å². The predicted octanol–water partition coefficient (Wildman–Crippen LogP) is 0.689. The van der Waals surface area contributed by atoms with Gasteiger partial charge in [-0.3, -0.25) is 4.90 Å². The molecule has 2 rings (SSSR count). The van der Waals surface area contributed by atoms with Crippen molar-refractivity contribution >= 4 is 0 Å². The van der Waals surface area contributed by atoms with Gasteiger partial charge >= 0.3 is 0 Å². The van der Waals surface area contributed by atoms with Gasteiger partial charge in [-0.15, -0.1) is 0 Å². The van der Waals surface area contributed by atoms with E-state index in [4.69, 9.17) is 0 Å². The number of piperidine rings is 1. The van der Waals surface area contributed by atoms with E-state index in [2.05, 4.69) is 5.32 Å². The van der Waals surface area contributed by atoms with Gasteiger partial charge in [0.2, 0.25) is 0 Å². The monoisotopic (exact) mass is 176 g/mol. The zero-order valence-corrected chi connectivity index (χ0v) is 7.02. The summed E-state index contributed by atoms with van der Waals surface area (Å²) >= 11 is 0. The van der Waals surface area contributed by atoms with Crippen LogP contribution in [0.4, 0.5) is 8.78 Å². The Kier molecular flexibility index (Phi) is 2.04. The largest absolute Gasteiger partial charge is 0.311 e. The lowest BCUT2D eigenvalue weighted by atomic mass is 9.97. The van der Waals surface area contributed by atoms with Crippen molar-refractivity contribution in [3.63, 3.8) is 0 Å². The molecule has 70 valence electrons. The Labute approximate surface area is 70.9 Å². The second kappa shape index (κ2) is 2.92. The number of likely N-dealkylation sites (tertiary alicyclic amines) is 1. The smallest absolute Gasteiger partial charge is 0.275 e. The van der Waals surface area contributed by atoms with Crippen LogP contribution in [0.25, 0.3) is 0 Å². The fourth-order valence-corrected chi connectivity index (χ4v) is 1.92. The first kappa shape index (κ1) is 8.38. The van der Waals surface area contributed by atoms with Crippen molar-refractivity contribution in [2.45, 2.75) is 24.8 Å². The van der Waals surface area contributed by atoms with Gasteiger partial charge in [-0.1, -0.05) is 0 Å². The first-order valence-electron chi connectivity index (χ1n) is 4.53. The molecule has 2 aliphatic rings. The minimum atomic E-state index is -2.52. The third-order valence-electron chi connectivity index (χ3n) is 2.77. The first-order valence-corrected chi connectivity index (χ1v) is 4.53. The van der Waals surface area contributed by atoms with E-state index in [9.17, 15) is 8.78 Å². The Balaban J connectivity index is 2.00. The minimum Gasteiger partial charge on any atom is -0.311 e. The second-order valence-corrected chi connectivity index (χ2v) is 3.63. The first-order chi connectivity index (χ1) is 5.70. The van der Waals surface area contributed by atoms with Gasteiger partial charge in [-0.2, -0.15) is 0 Å². The van der Waals surface area contributed by atoms with E-state index in [1.807, 2.05) is 4.90 Å². The Bertz CT molecular complexity index is 168. The molecule has 0 bridgehead atoms. The highest BCUT2D eigenvalue weighted by Crippen LogP contribution is 2.30. The Morgan fingerprint density at radius 2 is 2.08 bits per heavy atom. The van der Waals surface area contributed by atoms with Gasteiger partial charge in [0.1, 0.15) is 0 Å². The summed E-state index contributed by atoms with van der Waals surface area (Å²) in [7, 11) is 0. The van der Waals surface area contributed by atoms with E-state index < -0.39 is 12.0 Å². The number of alkyl halides is 2. The van der Waals surface area contributed by atoms with Crippen LogP contribution in [0.1, 0.15) is 12.8 Å². The number of nitrogens with one attached hydrogen (secondary N) is 1. The van der Waals surface area contributed by atoms with Crippen LogP contribution >= 0.6 is 0 Å². The van der Waals surface area contributed by atoms with Crippen LogP contribution in [-0.4, -0.2) is 43.0 Å². The van der Waals surface area contributed by atoms with Gasteiger partial charge in [0.05, 0.1) is 12.6 Å². The summed E-state index contributed by atoms with van der Waals surface area (Å²) < 4.78 is 26.5. The average molecular weight is 176 g/mol. The molecule has 1 atom stereocenters. The third kappa shape index (κ3) is 1.33. The predicted molar refractivity (Wildman–Crippen MR) is 42.4 cm³/mol. The summed E-state index contributed by atoms with van der Waals surface area (Å²) in [6.45, 7) is 2.31. The molecular weight excluding hydrogens is 162 g/mol. The van der Waals surface area contributed by atoms with Gasteiger partial charge in [0.25, 0.3) is 5.92 Å². The molecule has 2 saturated heterocycles. The normalized spacial score (nSPS) is 36.0. The van der Waals surface area contributed by atoms with Crippen molar-refractivity contribution in [3.05, 3.63) is 0 Å². The number of halogens is 2. The molecule has 1 N–H and O–H groups in total. The van der Waals surface area contributed by atoms with Gasteiger partial charge in [-0.25, -0.2) is 8.78 Å². The lowest BCUT2D eigenvalue weighted by Gasteiger charge is -2.44. The number of nitrogens with zero attached hydrogens (tertiary/aromatic N) is 1. The van der Waals surface area contributed by atoms with Crippen molar-refractivity contribution in [1.82, 2.24) is 10.2 Å². The SMILES string of the molecule is FC1(F)CNCCC1N1CCC1. The van der Waals surface area contributed by atoms with Crippen molar-refractivity contribution in [1.29, 1.82) is 0 Å². The highest BCUT2D eigenvalue weighted by atomic mass is 19.3. The topological polar surface area (TPSA) is 15.3 Å². The van der Waals surface area contributed by atoms with Gasteiger partial charge in [0, 0.05) is 0 Å². The molecule has 2 fully saturated rings. The lowest BCUT2D eigenvalue weighted by molar-refractivity contribution is -0.110. The van der Waals surface area contributed by atoms with Crippen LogP contribution in [-0.2, 0) is 0 Å². The Morgan fingerprint density at radius 1 is 1.33 bits per heavy atom. The maximum absolute atomic E-state index is 13.2. The molecule has 12 heavy (non-hydrogen) atoms. The quantitative estimate of drug-likeness (QED) is 0.632. The van der Waals surface area contributed by atoms with Crippen LogP contribution in [0.3, 0.4) is 0 Å². The molecule has 1 unspecified atom stereocenters. The molecular formula is C8H14F2N2. The molecule has 0 aromatic heterocycles. The summed E-state index contributed by atoms with van der Waals surface area (Å²) in [6, 6.07) is -0.493. The molecule has 2 aliphatic heterocycles. The van der Waals surface area contributed by atoms with E-state index in [1.54, 1.807) is 0 Å². The molecule has 4 heteroatoms. The van der Waals surface area contributed by atoms with E-state index in [0.29, 0.717) is 6.42 Å². The van der Waals surface area contributed by atoms with Crippen LogP contribution in [0.2, 0.25) is 0 Å². The molecule has 0 spiro atoms. The summed E-state index contributed by atoms with van der Waals surface area (Å²) in [5, 5.41) is 2.73. The minimum absolute atomic E-state index is 0.145. The molecule has 0 radical (unpaired) electrons. The number of rotatable bonds is 1. The Hall–Kier alpha value is -0.220. The van der Waals surface area contributed by atoms with E-state index in [0.717, 1.165) is 26.1 Å². The van der Waals surface area contributed by atoms with E-state index in [-0.39, 0.29) is 6.54 Å². The van der Waals surface area contributed by atoms with Gasteiger partial charge in [-0.05, 0) is 32.5 Å². The molecule has 2 heterocycles. The van der Waals surface area contributed by atoms with Crippen molar-refractivity contribution in [2.24, 2.45) is 0 Å². The number of hydrogen-bond acceptors (Lipinski definition) is 2. The molecule has 0 saturated carbocycles. The average Bonchev–Trinajstić information content (AvgIpc) is 1.89. The van der Waals surface area contributed by atoms with Crippen molar-refractivity contribution in [2.75, 3.05) is 26.2 Å². The highest BCUT2D eigenvalue weighted by Gasteiger charge is 2.45. The molecule has 0 aromatic carbocycles. The van der Waals surface area contributed by atoms with Crippen LogP contribution < -0.4 is 5.32 Å². The summed E-state index contributed by atoms with van der Waals surface area (Å²) in [4.78, 5) is 1.90. The Morgan fingerprint density at radius 3 is 2.58 bits per heavy atom. The van der Waals surface area contributed by atoms with Crippen molar-refractivity contribution in [3.8, 4) is 0 Å². The van der Waals surface area contributed by atoms with Gasteiger partial charge < -0.3 is 5.32 Å². The van der Waals surface area contributed by atoms with Gasteiger partial charge in [0.15, 0.2) is 0 Å². The molecule has 0 amide bonds. The summed E-state index contributed by atoms with van der Waals surface area (Å²) in [6.07, 6.45) is 1.67. The number of hydrogen-bond donors (Lipinski definition) is 1. The zero-order chi connectivity index (χ0) is 8.60. The summed E-state index contributed by atoms with van der Waals surface area (Å²) in [5.41, 5.74) is 0. The molecule has 0 aromatic rings. The lowest BCUT2D eigenvalue weighted by Crippen LogP contribution is -2.60. The standard InChI is InChI=1S/C8H14F2N2/c9-8(10)6-11-3-2-7(8)12-4-1-5-12/h7,11H,1-6H2. The maximum Gasteiger partial charge on any atom is 0.275 e. The second-order valence-electron chi connectivity index (χ2n) is 3.63. The summed E-state index contributed by atoms with van der Waals surface area (Å²) in [5.74, 6) is -2.52. The fourth-order valence-electron chi connectivity index (χ4n) is 1.92. The van der Waals surface area contributed by atoms with E-state index >= 15 is 0 Å². The van der Waals surface area contributed by atoms with E-state index in [1.165, 1.54) is 0 Å². The zero-order valence-electron chi connectivity index (χ0n) is 7.02. The molecule has 0 aliphatic carbocycles. The highest BCUT2D eigenvalue weighted by molar-refractivity contribution is 4.93.